The number of ether oxygens (including phenoxy) is 1. The quantitative estimate of drug-likeness (QED) is 0.679. The molecule has 0 unspecified atom stereocenters. The summed E-state index contributed by atoms with van der Waals surface area (Å²) in [4.78, 5) is 27.3. The lowest BCUT2D eigenvalue weighted by Crippen LogP contribution is -2.29. The number of amides is 2. The van der Waals surface area contributed by atoms with Crippen LogP contribution in [0.2, 0.25) is 0 Å². The Bertz CT molecular complexity index is 1120. The molecule has 1 aromatic heterocycles. The van der Waals surface area contributed by atoms with Crippen LogP contribution in [0.5, 0.6) is 5.75 Å². The van der Waals surface area contributed by atoms with Crippen LogP contribution in [0.3, 0.4) is 0 Å². The van der Waals surface area contributed by atoms with Crippen molar-refractivity contribution in [3.8, 4) is 5.75 Å². The first kappa shape index (κ1) is 19.9. The molecule has 0 aliphatic carbocycles. The largest absolute Gasteiger partial charge is 0.497 e. The van der Waals surface area contributed by atoms with Crippen molar-refractivity contribution in [2.45, 2.75) is 19.4 Å². The lowest BCUT2D eigenvalue weighted by atomic mass is 10.2. The number of fused-ring (bicyclic) bond motifs is 1. The molecule has 1 aliphatic heterocycles. The monoisotopic (exact) mass is 409 g/mol. The molecule has 2 N–H and O–H groups in total. The maximum absolute atomic E-state index is 12.6. The molecule has 4 rings (SSSR count). The number of hydrogen-bond donors (Lipinski definition) is 2. The molecule has 2 aromatic carbocycles. The van der Waals surface area contributed by atoms with Gasteiger partial charge in [0.2, 0.25) is 0 Å². The van der Waals surface area contributed by atoms with Crippen LogP contribution in [-0.4, -0.2) is 35.4 Å². The summed E-state index contributed by atoms with van der Waals surface area (Å²) in [6, 6.07) is 11.2. The Hall–Kier alpha value is -3.42. The number of carbonyl (C=O) groups excluding carboxylic acids is 1. The van der Waals surface area contributed by atoms with Crippen LogP contribution in [0.4, 0.5) is 16.2 Å². The first-order valence-electron chi connectivity index (χ1n) is 10.1. The Labute approximate surface area is 175 Å². The second kappa shape index (κ2) is 8.14. The van der Waals surface area contributed by atoms with E-state index in [1.807, 2.05) is 36.4 Å². The van der Waals surface area contributed by atoms with Crippen LogP contribution >= 0.6 is 0 Å². The van der Waals surface area contributed by atoms with Gasteiger partial charge in [0.25, 0.3) is 0 Å². The number of nitrogens with zero attached hydrogens (tertiary/aromatic N) is 3. The van der Waals surface area contributed by atoms with E-state index in [-0.39, 0.29) is 11.7 Å². The molecule has 1 fully saturated rings. The zero-order valence-corrected chi connectivity index (χ0v) is 17.6. The second-order valence-electron chi connectivity index (χ2n) is 7.61. The standard InChI is InChI=1S/C22H27N5O3/c1-25-19-12-17(24-21(28)23-14-15-6-8-16(30-3)9-7-15)18(27-10-4-5-11-27)13-20(19)26(2)22(25)29/h6-9,12-13H,4-5,10-11,14H2,1-3H3,(H2,23,24,28). The first-order valence-corrected chi connectivity index (χ1v) is 10.1. The van der Waals surface area contributed by atoms with Crippen molar-refractivity contribution in [1.82, 2.24) is 14.5 Å². The Morgan fingerprint density at radius 3 is 2.30 bits per heavy atom. The van der Waals surface area contributed by atoms with Gasteiger partial charge in [-0.05, 0) is 42.7 Å². The summed E-state index contributed by atoms with van der Waals surface area (Å²) in [5, 5.41) is 5.89. The SMILES string of the molecule is COc1ccc(CNC(=O)Nc2cc3c(cc2N2CCCC2)n(C)c(=O)n3C)cc1. The number of rotatable bonds is 5. The number of carbonyl (C=O) groups is 1. The summed E-state index contributed by atoms with van der Waals surface area (Å²) < 4.78 is 8.40. The van der Waals surface area contributed by atoms with Crippen LogP contribution in [0, 0.1) is 0 Å². The van der Waals surface area contributed by atoms with Crippen molar-refractivity contribution in [3.05, 3.63) is 52.4 Å². The van der Waals surface area contributed by atoms with Gasteiger partial charge in [-0.2, -0.15) is 0 Å². The minimum Gasteiger partial charge on any atom is -0.497 e. The van der Waals surface area contributed by atoms with Crippen molar-refractivity contribution in [2.24, 2.45) is 14.1 Å². The number of methoxy groups -OCH3 is 1. The average molecular weight is 409 g/mol. The zero-order valence-electron chi connectivity index (χ0n) is 17.6. The molecular formula is C22H27N5O3. The van der Waals surface area contributed by atoms with Gasteiger partial charge in [-0.25, -0.2) is 9.59 Å². The van der Waals surface area contributed by atoms with Gasteiger partial charge < -0.3 is 20.3 Å². The third kappa shape index (κ3) is 3.72. The highest BCUT2D eigenvalue weighted by Gasteiger charge is 2.20. The maximum Gasteiger partial charge on any atom is 0.328 e. The molecule has 1 saturated heterocycles. The van der Waals surface area contributed by atoms with E-state index in [1.165, 1.54) is 0 Å². The normalized spacial score (nSPS) is 13.6. The number of aryl methyl sites for hydroxylation is 2. The summed E-state index contributed by atoms with van der Waals surface area (Å²) in [5.41, 5.74) is 4.19. The number of hydrogen-bond acceptors (Lipinski definition) is 4. The minimum atomic E-state index is -0.286. The number of imidazole rings is 1. The molecule has 0 atom stereocenters. The van der Waals surface area contributed by atoms with Gasteiger partial charge in [-0.3, -0.25) is 9.13 Å². The van der Waals surface area contributed by atoms with E-state index in [1.54, 1.807) is 30.3 Å². The lowest BCUT2D eigenvalue weighted by molar-refractivity contribution is 0.251. The van der Waals surface area contributed by atoms with Gasteiger partial charge in [0, 0.05) is 33.7 Å². The molecule has 3 aromatic rings. The Morgan fingerprint density at radius 1 is 1.03 bits per heavy atom. The number of anilines is 2. The van der Waals surface area contributed by atoms with Crippen LogP contribution < -0.4 is 26.0 Å². The lowest BCUT2D eigenvalue weighted by Gasteiger charge is -2.22. The van der Waals surface area contributed by atoms with Gasteiger partial charge in [-0.15, -0.1) is 0 Å². The molecule has 8 heteroatoms. The summed E-state index contributed by atoms with van der Waals surface area (Å²) in [6.45, 7) is 2.28. The summed E-state index contributed by atoms with van der Waals surface area (Å²) in [7, 11) is 5.14. The van der Waals surface area contributed by atoms with Crippen LogP contribution in [0.25, 0.3) is 11.0 Å². The number of nitrogens with one attached hydrogen (secondary N) is 2. The highest BCUT2D eigenvalue weighted by molar-refractivity contribution is 5.98. The highest BCUT2D eigenvalue weighted by Crippen LogP contribution is 2.33. The third-order valence-corrected chi connectivity index (χ3v) is 5.70. The topological polar surface area (TPSA) is 80.5 Å². The fraction of sp³-hybridized carbons (Fsp3) is 0.364. The second-order valence-corrected chi connectivity index (χ2v) is 7.61. The number of benzene rings is 2. The van der Waals surface area contributed by atoms with Crippen molar-refractivity contribution >= 4 is 28.4 Å². The van der Waals surface area contributed by atoms with Crippen molar-refractivity contribution in [1.29, 1.82) is 0 Å². The van der Waals surface area contributed by atoms with E-state index >= 15 is 0 Å². The minimum absolute atomic E-state index is 0.0847. The van der Waals surface area contributed by atoms with E-state index in [0.29, 0.717) is 12.2 Å². The Morgan fingerprint density at radius 2 is 1.67 bits per heavy atom. The number of aromatic nitrogens is 2. The first-order chi connectivity index (χ1) is 14.5. The van der Waals surface area contributed by atoms with E-state index in [0.717, 1.165) is 54.0 Å². The maximum atomic E-state index is 12.6. The van der Waals surface area contributed by atoms with Crippen LogP contribution in [0.1, 0.15) is 18.4 Å². The van der Waals surface area contributed by atoms with Crippen molar-refractivity contribution in [2.75, 3.05) is 30.4 Å². The Kier molecular flexibility index (Phi) is 5.39. The molecule has 0 spiro atoms. The molecular weight excluding hydrogens is 382 g/mol. The fourth-order valence-electron chi connectivity index (χ4n) is 3.95. The number of urea groups is 1. The van der Waals surface area contributed by atoms with E-state index in [2.05, 4.69) is 15.5 Å². The van der Waals surface area contributed by atoms with E-state index < -0.39 is 0 Å². The summed E-state index contributed by atoms with van der Waals surface area (Å²) >= 11 is 0. The molecule has 0 saturated carbocycles. The van der Waals surface area contributed by atoms with Gasteiger partial charge in [0.05, 0.1) is 29.5 Å². The molecule has 2 amide bonds. The van der Waals surface area contributed by atoms with E-state index in [9.17, 15) is 9.59 Å². The van der Waals surface area contributed by atoms with Gasteiger partial charge in [0.15, 0.2) is 0 Å². The van der Waals surface area contributed by atoms with Gasteiger partial charge in [-0.1, -0.05) is 12.1 Å². The predicted molar refractivity (Wildman–Crippen MR) is 118 cm³/mol. The van der Waals surface area contributed by atoms with Gasteiger partial charge in [0.1, 0.15) is 5.75 Å². The molecule has 158 valence electrons. The Balaban J connectivity index is 1.58. The highest BCUT2D eigenvalue weighted by atomic mass is 16.5. The van der Waals surface area contributed by atoms with Crippen molar-refractivity contribution in [3.63, 3.8) is 0 Å². The summed E-state index contributed by atoms with van der Waals surface area (Å²) in [6.07, 6.45) is 2.24. The fourth-order valence-corrected chi connectivity index (χ4v) is 3.95. The molecule has 0 radical (unpaired) electrons. The average Bonchev–Trinajstić information content (AvgIpc) is 3.36. The molecule has 0 bridgehead atoms. The summed E-state index contributed by atoms with van der Waals surface area (Å²) in [5.74, 6) is 0.778. The van der Waals surface area contributed by atoms with Crippen LogP contribution in [0.15, 0.2) is 41.2 Å². The predicted octanol–water partition coefficient (Wildman–Crippen LogP) is 2.81. The van der Waals surface area contributed by atoms with Gasteiger partial charge >= 0.3 is 11.7 Å². The molecule has 30 heavy (non-hydrogen) atoms. The molecule has 8 nitrogen and oxygen atoms in total. The van der Waals surface area contributed by atoms with Crippen molar-refractivity contribution < 1.29 is 9.53 Å². The third-order valence-electron chi connectivity index (χ3n) is 5.70. The van der Waals surface area contributed by atoms with E-state index in [4.69, 9.17) is 4.74 Å². The zero-order chi connectivity index (χ0) is 21.3. The van der Waals surface area contributed by atoms with Crippen LogP contribution in [-0.2, 0) is 20.6 Å². The molecule has 1 aliphatic rings. The molecule has 2 heterocycles. The smallest absolute Gasteiger partial charge is 0.328 e.